The number of halogens is 1. The van der Waals surface area contributed by atoms with Gasteiger partial charge in [-0.2, -0.15) is 0 Å². The predicted octanol–water partition coefficient (Wildman–Crippen LogP) is 3.35. The number of aromatic amines is 1. The van der Waals surface area contributed by atoms with Gasteiger partial charge in [-0.15, -0.1) is 0 Å². The number of rotatable bonds is 7. The quantitative estimate of drug-likeness (QED) is 0.642. The lowest BCUT2D eigenvalue weighted by Gasteiger charge is -2.15. The minimum Gasteiger partial charge on any atom is -0.351 e. The van der Waals surface area contributed by atoms with Crippen LogP contribution in [-0.4, -0.2) is 33.0 Å². The molecule has 2 heterocycles. The number of carbonyl (C=O) groups is 1. The Morgan fingerprint density at radius 1 is 1.34 bits per heavy atom. The number of fused-ring (bicyclic) bond motifs is 1. The van der Waals surface area contributed by atoms with Gasteiger partial charge in [-0.1, -0.05) is 20.3 Å². The van der Waals surface area contributed by atoms with E-state index in [0.717, 1.165) is 6.42 Å². The van der Waals surface area contributed by atoms with E-state index in [1.165, 1.54) is 12.1 Å². The number of aryl methyl sites for hydroxylation is 1. The van der Waals surface area contributed by atoms with Crippen molar-refractivity contribution < 1.29 is 9.18 Å². The SMILES string of the molecule is CCC(C)C(C)N=c1c(C(=O)NCCc2nc3ccc(F)cc3[nH]2)cccn1C. The molecule has 0 saturated heterocycles. The van der Waals surface area contributed by atoms with Gasteiger partial charge in [-0.3, -0.25) is 9.79 Å². The van der Waals surface area contributed by atoms with Crippen molar-refractivity contribution in [2.75, 3.05) is 6.54 Å². The van der Waals surface area contributed by atoms with E-state index in [9.17, 15) is 9.18 Å². The highest BCUT2D eigenvalue weighted by molar-refractivity contribution is 5.93. The van der Waals surface area contributed by atoms with Gasteiger partial charge in [0.15, 0.2) is 0 Å². The van der Waals surface area contributed by atoms with E-state index in [1.54, 1.807) is 12.1 Å². The molecule has 7 heteroatoms. The number of aromatic nitrogens is 3. The zero-order chi connectivity index (χ0) is 21.0. The summed E-state index contributed by atoms with van der Waals surface area (Å²) in [4.78, 5) is 25.1. The van der Waals surface area contributed by atoms with E-state index in [4.69, 9.17) is 4.99 Å². The van der Waals surface area contributed by atoms with Crippen LogP contribution in [-0.2, 0) is 13.5 Å². The summed E-state index contributed by atoms with van der Waals surface area (Å²) in [7, 11) is 1.90. The van der Waals surface area contributed by atoms with Crippen LogP contribution < -0.4 is 10.8 Å². The fourth-order valence-corrected chi connectivity index (χ4v) is 3.15. The van der Waals surface area contributed by atoms with Crippen molar-refractivity contribution in [1.29, 1.82) is 0 Å². The van der Waals surface area contributed by atoms with Crippen LogP contribution in [0.4, 0.5) is 4.39 Å². The molecule has 3 aromatic rings. The van der Waals surface area contributed by atoms with Gasteiger partial charge in [-0.05, 0) is 43.2 Å². The Bertz CT molecular complexity index is 1070. The summed E-state index contributed by atoms with van der Waals surface area (Å²) in [5.41, 5.74) is 2.60. The summed E-state index contributed by atoms with van der Waals surface area (Å²) in [6, 6.07) is 8.20. The number of pyridine rings is 1. The average Bonchev–Trinajstić information content (AvgIpc) is 3.10. The summed E-state index contributed by atoms with van der Waals surface area (Å²) in [5, 5.41) is 2.94. The smallest absolute Gasteiger partial charge is 0.255 e. The molecule has 1 amide bonds. The highest BCUT2D eigenvalue weighted by Gasteiger charge is 2.13. The van der Waals surface area contributed by atoms with Gasteiger partial charge in [0.05, 0.1) is 22.6 Å². The molecule has 2 atom stereocenters. The van der Waals surface area contributed by atoms with Crippen LogP contribution in [0.1, 0.15) is 43.4 Å². The second-order valence-electron chi connectivity index (χ2n) is 7.46. The van der Waals surface area contributed by atoms with Crippen LogP contribution in [0.15, 0.2) is 41.5 Å². The number of imidazole rings is 1. The van der Waals surface area contributed by atoms with E-state index in [2.05, 4.69) is 36.1 Å². The Kier molecular flexibility index (Phi) is 6.46. The molecule has 3 rings (SSSR count). The van der Waals surface area contributed by atoms with Crippen molar-refractivity contribution >= 4 is 16.9 Å². The van der Waals surface area contributed by atoms with Gasteiger partial charge in [0.25, 0.3) is 5.91 Å². The molecule has 0 spiro atoms. The largest absolute Gasteiger partial charge is 0.351 e. The molecular formula is C22H28FN5O. The van der Waals surface area contributed by atoms with Crippen molar-refractivity contribution in [2.24, 2.45) is 18.0 Å². The molecule has 0 aliphatic carbocycles. The molecule has 0 saturated carbocycles. The van der Waals surface area contributed by atoms with Gasteiger partial charge < -0.3 is 14.9 Å². The Labute approximate surface area is 169 Å². The van der Waals surface area contributed by atoms with Crippen molar-refractivity contribution in [3.8, 4) is 0 Å². The second kappa shape index (κ2) is 9.03. The van der Waals surface area contributed by atoms with Crippen molar-refractivity contribution in [3.63, 3.8) is 0 Å². The molecule has 2 unspecified atom stereocenters. The van der Waals surface area contributed by atoms with Crippen molar-refractivity contribution in [3.05, 3.63) is 59.2 Å². The normalized spacial score (nSPS) is 14.2. The van der Waals surface area contributed by atoms with Gasteiger partial charge >= 0.3 is 0 Å². The molecular weight excluding hydrogens is 369 g/mol. The van der Waals surface area contributed by atoms with Crippen LogP contribution in [0, 0.1) is 11.7 Å². The first-order valence-corrected chi connectivity index (χ1v) is 10.0. The maximum Gasteiger partial charge on any atom is 0.255 e. The molecule has 154 valence electrons. The number of amides is 1. The molecule has 0 aliphatic rings. The number of carbonyl (C=O) groups excluding carboxylic acids is 1. The predicted molar refractivity (Wildman–Crippen MR) is 112 cm³/mol. The Balaban J connectivity index is 1.72. The van der Waals surface area contributed by atoms with Crippen LogP contribution in [0.5, 0.6) is 0 Å². The number of nitrogens with one attached hydrogen (secondary N) is 2. The molecule has 2 N–H and O–H groups in total. The molecule has 0 fully saturated rings. The van der Waals surface area contributed by atoms with E-state index in [-0.39, 0.29) is 17.8 Å². The molecule has 1 aromatic carbocycles. The maximum atomic E-state index is 13.3. The molecule has 2 aromatic heterocycles. The number of nitrogens with zero attached hydrogens (tertiary/aromatic N) is 3. The molecule has 0 aliphatic heterocycles. The van der Waals surface area contributed by atoms with Crippen LogP contribution >= 0.6 is 0 Å². The highest BCUT2D eigenvalue weighted by atomic mass is 19.1. The summed E-state index contributed by atoms with van der Waals surface area (Å²) in [5.74, 6) is 0.670. The first-order valence-electron chi connectivity index (χ1n) is 10.0. The fraction of sp³-hybridized carbons (Fsp3) is 0.409. The third-order valence-electron chi connectivity index (χ3n) is 5.33. The summed E-state index contributed by atoms with van der Waals surface area (Å²) in [6.07, 6.45) is 3.45. The Morgan fingerprint density at radius 3 is 2.90 bits per heavy atom. The summed E-state index contributed by atoms with van der Waals surface area (Å²) < 4.78 is 15.2. The molecule has 0 radical (unpaired) electrons. The topological polar surface area (TPSA) is 75.1 Å². The van der Waals surface area contributed by atoms with E-state index >= 15 is 0 Å². The maximum absolute atomic E-state index is 13.3. The van der Waals surface area contributed by atoms with E-state index < -0.39 is 0 Å². The standard InChI is InChI=1S/C22H28FN5O/c1-5-14(2)15(3)25-21-17(7-6-12-28(21)4)22(29)24-11-10-20-26-18-9-8-16(23)13-19(18)27-20/h6-9,12-15H,5,10-11H2,1-4H3,(H,24,29)(H,26,27). The Morgan fingerprint density at radius 2 is 2.14 bits per heavy atom. The van der Waals surface area contributed by atoms with Crippen molar-refractivity contribution in [1.82, 2.24) is 19.9 Å². The third kappa shape index (κ3) is 4.91. The highest BCUT2D eigenvalue weighted by Crippen LogP contribution is 2.13. The lowest BCUT2D eigenvalue weighted by Crippen LogP contribution is -2.35. The minimum absolute atomic E-state index is 0.121. The monoisotopic (exact) mass is 397 g/mol. The van der Waals surface area contributed by atoms with Crippen LogP contribution in [0.2, 0.25) is 0 Å². The van der Waals surface area contributed by atoms with Crippen LogP contribution in [0.3, 0.4) is 0 Å². The molecule has 29 heavy (non-hydrogen) atoms. The third-order valence-corrected chi connectivity index (χ3v) is 5.33. The van der Waals surface area contributed by atoms with Crippen LogP contribution in [0.25, 0.3) is 11.0 Å². The van der Waals surface area contributed by atoms with Gasteiger partial charge in [0, 0.05) is 26.2 Å². The Hall–Kier alpha value is -2.96. The number of benzene rings is 1. The zero-order valence-electron chi connectivity index (χ0n) is 17.4. The second-order valence-corrected chi connectivity index (χ2v) is 7.46. The number of hydrogen-bond acceptors (Lipinski definition) is 3. The fourth-order valence-electron chi connectivity index (χ4n) is 3.15. The van der Waals surface area contributed by atoms with Gasteiger partial charge in [0.2, 0.25) is 0 Å². The van der Waals surface area contributed by atoms with E-state index in [0.29, 0.717) is 46.8 Å². The average molecular weight is 397 g/mol. The minimum atomic E-state index is -0.305. The molecule has 6 nitrogen and oxygen atoms in total. The summed E-state index contributed by atoms with van der Waals surface area (Å²) in [6.45, 7) is 6.80. The van der Waals surface area contributed by atoms with Gasteiger partial charge in [0.1, 0.15) is 17.1 Å². The van der Waals surface area contributed by atoms with Gasteiger partial charge in [-0.25, -0.2) is 9.37 Å². The zero-order valence-corrected chi connectivity index (χ0v) is 17.4. The number of H-pyrrole nitrogens is 1. The first-order chi connectivity index (χ1) is 13.9. The molecule has 0 bridgehead atoms. The van der Waals surface area contributed by atoms with E-state index in [1.807, 2.05) is 23.9 Å². The lowest BCUT2D eigenvalue weighted by molar-refractivity contribution is 0.0951. The lowest BCUT2D eigenvalue weighted by atomic mass is 10.0. The van der Waals surface area contributed by atoms with Crippen molar-refractivity contribution in [2.45, 2.75) is 39.7 Å². The number of hydrogen-bond donors (Lipinski definition) is 2. The summed E-state index contributed by atoms with van der Waals surface area (Å²) >= 11 is 0. The first kappa shape index (κ1) is 20.8.